The standard InChI is InChI=1S/C6H6NSe/c1-5-4-6(8)2-3-7-5/h2-4H,1H3. The molecule has 0 N–H and O–H groups in total. The van der Waals surface area contributed by atoms with E-state index in [-0.39, 0.29) is 0 Å². The van der Waals surface area contributed by atoms with Crippen molar-refractivity contribution in [1.82, 2.24) is 4.98 Å². The molecule has 0 saturated carbocycles. The average molecular weight is 171 g/mol. The third-order valence-corrected chi connectivity index (χ3v) is 1.40. The van der Waals surface area contributed by atoms with Gasteiger partial charge in [0, 0.05) is 0 Å². The van der Waals surface area contributed by atoms with E-state index in [9.17, 15) is 0 Å². The van der Waals surface area contributed by atoms with Gasteiger partial charge in [-0.25, -0.2) is 0 Å². The second-order valence-corrected chi connectivity index (χ2v) is 2.62. The van der Waals surface area contributed by atoms with Crippen LogP contribution in [0.4, 0.5) is 0 Å². The Balaban J connectivity index is 3.08. The van der Waals surface area contributed by atoms with Crippen LogP contribution in [0.1, 0.15) is 5.69 Å². The minimum absolute atomic E-state index is 1.06. The molecular formula is C6H6NSe. The van der Waals surface area contributed by atoms with E-state index >= 15 is 0 Å². The number of aryl methyl sites for hydroxylation is 1. The summed E-state index contributed by atoms with van der Waals surface area (Å²) in [6.07, 6.45) is 1.79. The first-order valence-corrected chi connectivity index (χ1v) is 3.24. The zero-order valence-corrected chi connectivity index (χ0v) is 6.30. The molecule has 0 amide bonds. The molecule has 41 valence electrons. The van der Waals surface area contributed by atoms with Gasteiger partial charge in [-0.05, 0) is 0 Å². The van der Waals surface area contributed by atoms with Gasteiger partial charge in [-0.3, -0.25) is 0 Å². The molecule has 0 aromatic carbocycles. The fraction of sp³-hybridized carbons (Fsp3) is 0.167. The summed E-state index contributed by atoms with van der Waals surface area (Å²) in [7, 11) is 0. The van der Waals surface area contributed by atoms with E-state index in [1.807, 2.05) is 19.1 Å². The molecule has 1 rings (SSSR count). The number of pyridine rings is 1. The molecule has 1 nitrogen and oxygen atoms in total. The molecule has 0 fully saturated rings. The Bertz CT molecular complexity index is 168. The van der Waals surface area contributed by atoms with E-state index in [1.54, 1.807) is 6.20 Å². The molecule has 0 aliphatic rings. The Morgan fingerprint density at radius 1 is 1.62 bits per heavy atom. The van der Waals surface area contributed by atoms with E-state index in [0.29, 0.717) is 0 Å². The normalized spacial score (nSPS) is 9.12. The first kappa shape index (κ1) is 5.80. The number of rotatable bonds is 0. The number of nitrogens with zero attached hydrogens (tertiary/aromatic N) is 1. The van der Waals surface area contributed by atoms with Gasteiger partial charge < -0.3 is 0 Å². The summed E-state index contributed by atoms with van der Waals surface area (Å²) in [5, 5.41) is 0. The van der Waals surface area contributed by atoms with E-state index in [0.717, 1.165) is 10.2 Å². The Kier molecular flexibility index (Phi) is 1.66. The quantitative estimate of drug-likeness (QED) is 0.507. The fourth-order valence-electron chi connectivity index (χ4n) is 0.520. The van der Waals surface area contributed by atoms with Crippen LogP contribution in [0.2, 0.25) is 0 Å². The van der Waals surface area contributed by atoms with Gasteiger partial charge >= 0.3 is 56.4 Å². The van der Waals surface area contributed by atoms with Crippen LogP contribution in [0.5, 0.6) is 0 Å². The molecule has 1 aromatic heterocycles. The first-order chi connectivity index (χ1) is 3.79. The molecule has 0 unspecified atom stereocenters. The predicted octanol–water partition coefficient (Wildman–Crippen LogP) is 0.184. The van der Waals surface area contributed by atoms with Crippen molar-refractivity contribution in [2.45, 2.75) is 6.92 Å². The topological polar surface area (TPSA) is 12.9 Å². The van der Waals surface area contributed by atoms with Crippen LogP contribution in [0.25, 0.3) is 0 Å². The van der Waals surface area contributed by atoms with Gasteiger partial charge in [-0.1, -0.05) is 0 Å². The van der Waals surface area contributed by atoms with Crippen LogP contribution in [0.3, 0.4) is 0 Å². The molecule has 0 aliphatic heterocycles. The summed E-state index contributed by atoms with van der Waals surface area (Å²) in [5.41, 5.74) is 1.06. The number of hydrogen-bond donors (Lipinski definition) is 0. The van der Waals surface area contributed by atoms with Gasteiger partial charge in [-0.15, -0.1) is 0 Å². The summed E-state index contributed by atoms with van der Waals surface area (Å²) < 4.78 is 1.15. The summed E-state index contributed by atoms with van der Waals surface area (Å²) in [5.74, 6) is 0. The molecule has 0 saturated heterocycles. The summed E-state index contributed by atoms with van der Waals surface area (Å²) in [6, 6.07) is 3.94. The van der Waals surface area contributed by atoms with Crippen LogP contribution in [-0.4, -0.2) is 21.0 Å². The third kappa shape index (κ3) is 1.32. The van der Waals surface area contributed by atoms with Gasteiger partial charge in [0.1, 0.15) is 0 Å². The molecule has 0 aliphatic carbocycles. The molecule has 0 spiro atoms. The zero-order valence-electron chi connectivity index (χ0n) is 4.59. The number of hydrogen-bond acceptors (Lipinski definition) is 1. The van der Waals surface area contributed by atoms with E-state index in [4.69, 9.17) is 0 Å². The van der Waals surface area contributed by atoms with Crippen molar-refractivity contribution < 1.29 is 0 Å². The van der Waals surface area contributed by atoms with E-state index in [1.165, 1.54) is 0 Å². The monoisotopic (exact) mass is 172 g/mol. The van der Waals surface area contributed by atoms with Crippen molar-refractivity contribution in [2.75, 3.05) is 0 Å². The minimum atomic E-state index is 1.06. The maximum absolute atomic E-state index is 4.02. The van der Waals surface area contributed by atoms with E-state index < -0.39 is 0 Å². The first-order valence-electron chi connectivity index (χ1n) is 2.39. The molecule has 0 atom stereocenters. The average Bonchev–Trinajstić information content (AvgIpc) is 1.64. The molecule has 8 heavy (non-hydrogen) atoms. The summed E-state index contributed by atoms with van der Waals surface area (Å²) in [6.45, 7) is 1.97. The van der Waals surface area contributed by atoms with Crippen molar-refractivity contribution in [1.29, 1.82) is 0 Å². The van der Waals surface area contributed by atoms with Crippen LogP contribution < -0.4 is 4.46 Å². The van der Waals surface area contributed by atoms with Gasteiger partial charge in [0.25, 0.3) is 0 Å². The predicted molar refractivity (Wildman–Crippen MR) is 34.4 cm³/mol. The summed E-state index contributed by atoms with van der Waals surface area (Å²) >= 11 is 2.90. The Labute approximate surface area is 57.0 Å². The van der Waals surface area contributed by atoms with Gasteiger partial charge in [0.05, 0.1) is 0 Å². The van der Waals surface area contributed by atoms with E-state index in [2.05, 4.69) is 21.0 Å². The Morgan fingerprint density at radius 2 is 2.38 bits per heavy atom. The Hall–Kier alpha value is -0.331. The second-order valence-electron chi connectivity index (χ2n) is 1.63. The second kappa shape index (κ2) is 2.29. The molecule has 1 aromatic rings. The summed E-state index contributed by atoms with van der Waals surface area (Å²) in [4.78, 5) is 4.02. The third-order valence-electron chi connectivity index (χ3n) is 0.868. The SMILES string of the molecule is Cc1cc([Se])ccn1. The van der Waals surface area contributed by atoms with Gasteiger partial charge in [-0.2, -0.15) is 0 Å². The molecular weight excluding hydrogens is 165 g/mol. The number of aromatic nitrogens is 1. The van der Waals surface area contributed by atoms with Crippen molar-refractivity contribution >= 4 is 20.5 Å². The molecule has 2 heteroatoms. The molecule has 1 radical (unpaired) electrons. The Morgan fingerprint density at radius 3 is 2.75 bits per heavy atom. The molecule has 0 bridgehead atoms. The fourth-order valence-corrected chi connectivity index (χ4v) is 1.01. The van der Waals surface area contributed by atoms with Crippen molar-refractivity contribution in [3.63, 3.8) is 0 Å². The van der Waals surface area contributed by atoms with Crippen molar-refractivity contribution in [3.05, 3.63) is 24.0 Å². The van der Waals surface area contributed by atoms with Crippen molar-refractivity contribution in [3.8, 4) is 0 Å². The van der Waals surface area contributed by atoms with Crippen LogP contribution >= 0.6 is 0 Å². The van der Waals surface area contributed by atoms with Crippen molar-refractivity contribution in [2.24, 2.45) is 0 Å². The van der Waals surface area contributed by atoms with Gasteiger partial charge in [0.15, 0.2) is 0 Å². The van der Waals surface area contributed by atoms with Crippen LogP contribution in [0.15, 0.2) is 18.3 Å². The maximum atomic E-state index is 4.02. The van der Waals surface area contributed by atoms with Crippen LogP contribution in [0, 0.1) is 6.92 Å². The van der Waals surface area contributed by atoms with Gasteiger partial charge in [0.2, 0.25) is 0 Å². The van der Waals surface area contributed by atoms with Crippen LogP contribution in [-0.2, 0) is 0 Å². The zero-order chi connectivity index (χ0) is 5.98. The molecule has 1 heterocycles.